The van der Waals surface area contributed by atoms with E-state index in [1.54, 1.807) is 0 Å². The number of nitro groups is 1. The van der Waals surface area contributed by atoms with Crippen molar-refractivity contribution in [3.63, 3.8) is 0 Å². The van der Waals surface area contributed by atoms with Gasteiger partial charge in [-0.3, -0.25) is 10.1 Å². The minimum absolute atomic E-state index is 0.175. The third kappa shape index (κ3) is 3.21. The van der Waals surface area contributed by atoms with Crippen molar-refractivity contribution in [3.05, 3.63) is 27.9 Å². The largest absolute Gasteiger partial charge is 0.409 e. The molecule has 1 saturated heterocycles. The van der Waals surface area contributed by atoms with Gasteiger partial charge in [0.05, 0.1) is 10.5 Å². The molecule has 8 heteroatoms. The summed E-state index contributed by atoms with van der Waals surface area (Å²) >= 11 is 0. The molecule has 0 aliphatic carbocycles. The van der Waals surface area contributed by atoms with Crippen LogP contribution in [0.15, 0.2) is 17.4 Å². The first kappa shape index (κ1) is 15.0. The van der Waals surface area contributed by atoms with E-state index in [-0.39, 0.29) is 22.5 Å². The van der Waals surface area contributed by atoms with Crippen LogP contribution in [0.25, 0.3) is 0 Å². The van der Waals surface area contributed by atoms with Crippen molar-refractivity contribution in [1.29, 1.82) is 0 Å². The number of nitrogens with zero attached hydrogens (tertiary/aromatic N) is 4. The summed E-state index contributed by atoms with van der Waals surface area (Å²) < 4.78 is 0. The number of nitrogens with two attached hydrogens (primary N) is 1. The molecule has 8 nitrogen and oxygen atoms in total. The highest BCUT2D eigenvalue weighted by molar-refractivity contribution is 6.02. The number of pyridine rings is 1. The fourth-order valence-electron chi connectivity index (χ4n) is 2.36. The number of oxime groups is 1. The summed E-state index contributed by atoms with van der Waals surface area (Å²) in [5.74, 6) is 0.345. The molecule has 0 bridgehead atoms. The molecule has 1 aliphatic rings. The quantitative estimate of drug-likeness (QED) is 0.288. The summed E-state index contributed by atoms with van der Waals surface area (Å²) in [6, 6.07) is 1.29. The molecule has 1 aromatic rings. The van der Waals surface area contributed by atoms with Gasteiger partial charge in [-0.1, -0.05) is 19.0 Å². The highest BCUT2D eigenvalue weighted by Crippen LogP contribution is 2.33. The van der Waals surface area contributed by atoms with E-state index in [0.29, 0.717) is 5.82 Å². The molecule has 21 heavy (non-hydrogen) atoms. The van der Waals surface area contributed by atoms with Gasteiger partial charge in [0, 0.05) is 19.2 Å². The van der Waals surface area contributed by atoms with Gasteiger partial charge in [0.1, 0.15) is 12.0 Å². The van der Waals surface area contributed by atoms with Crippen molar-refractivity contribution < 1.29 is 10.1 Å². The van der Waals surface area contributed by atoms with E-state index >= 15 is 0 Å². The van der Waals surface area contributed by atoms with Crippen molar-refractivity contribution in [2.45, 2.75) is 26.7 Å². The molecular formula is C13H19N5O3. The SMILES string of the molecule is CC1(C)CCN(c2ncc([N+](=O)[O-])cc2C(N)=NO)CC1. The normalized spacial score (nSPS) is 18.6. The van der Waals surface area contributed by atoms with Gasteiger partial charge in [-0.2, -0.15) is 0 Å². The lowest BCUT2D eigenvalue weighted by Gasteiger charge is -2.38. The zero-order valence-electron chi connectivity index (χ0n) is 12.1. The van der Waals surface area contributed by atoms with Crippen LogP contribution in [0.1, 0.15) is 32.3 Å². The standard InChI is InChI=1S/C13H19N5O3/c1-13(2)3-5-17(6-4-13)12-10(11(14)16-19)7-9(8-15-12)18(20)21/h7-8,19H,3-6H2,1-2H3,(H2,14,16). The average Bonchev–Trinajstić information content (AvgIpc) is 2.46. The number of aromatic nitrogens is 1. The van der Waals surface area contributed by atoms with E-state index < -0.39 is 4.92 Å². The molecule has 3 N–H and O–H groups in total. The van der Waals surface area contributed by atoms with Crippen molar-refractivity contribution in [2.75, 3.05) is 18.0 Å². The first-order valence-corrected chi connectivity index (χ1v) is 6.71. The maximum Gasteiger partial charge on any atom is 0.288 e. The number of rotatable bonds is 3. The summed E-state index contributed by atoms with van der Waals surface area (Å²) in [5, 5.41) is 22.7. The molecule has 1 aliphatic heterocycles. The minimum Gasteiger partial charge on any atom is -0.409 e. The third-order valence-corrected chi connectivity index (χ3v) is 3.86. The highest BCUT2D eigenvalue weighted by atomic mass is 16.6. The van der Waals surface area contributed by atoms with Gasteiger partial charge in [0.15, 0.2) is 5.84 Å². The van der Waals surface area contributed by atoms with Crippen LogP contribution < -0.4 is 10.6 Å². The zero-order valence-corrected chi connectivity index (χ0v) is 12.1. The molecule has 1 fully saturated rings. The van der Waals surface area contributed by atoms with Crippen LogP contribution in [0.5, 0.6) is 0 Å². The van der Waals surface area contributed by atoms with Gasteiger partial charge >= 0.3 is 0 Å². The van der Waals surface area contributed by atoms with Crippen LogP contribution >= 0.6 is 0 Å². The van der Waals surface area contributed by atoms with E-state index in [9.17, 15) is 10.1 Å². The summed E-state index contributed by atoms with van der Waals surface area (Å²) in [7, 11) is 0. The molecule has 114 valence electrons. The lowest BCUT2D eigenvalue weighted by atomic mass is 9.82. The maximum atomic E-state index is 10.8. The number of amidine groups is 1. The van der Waals surface area contributed by atoms with Crippen LogP contribution in [0, 0.1) is 15.5 Å². The van der Waals surface area contributed by atoms with Crippen molar-refractivity contribution in [1.82, 2.24) is 4.98 Å². The first-order chi connectivity index (χ1) is 9.84. The number of piperidine rings is 1. The van der Waals surface area contributed by atoms with Crippen molar-refractivity contribution in [3.8, 4) is 0 Å². The molecule has 0 aromatic carbocycles. The Morgan fingerprint density at radius 2 is 2.14 bits per heavy atom. The minimum atomic E-state index is -0.551. The topological polar surface area (TPSA) is 118 Å². The van der Waals surface area contributed by atoms with Gasteiger partial charge in [-0.15, -0.1) is 0 Å². The highest BCUT2D eigenvalue weighted by Gasteiger charge is 2.28. The van der Waals surface area contributed by atoms with Crippen molar-refractivity contribution >= 4 is 17.3 Å². The Kier molecular flexibility index (Phi) is 3.97. The number of hydrogen-bond donors (Lipinski definition) is 2. The van der Waals surface area contributed by atoms with Crippen LogP contribution in [0.3, 0.4) is 0 Å². The second kappa shape index (κ2) is 5.55. The second-order valence-corrected chi connectivity index (χ2v) is 5.96. The van der Waals surface area contributed by atoms with Gasteiger partial charge in [-0.25, -0.2) is 4.98 Å². The molecule has 0 amide bonds. The fraction of sp³-hybridized carbons (Fsp3) is 0.538. The molecular weight excluding hydrogens is 274 g/mol. The monoisotopic (exact) mass is 293 g/mol. The average molecular weight is 293 g/mol. The molecule has 0 saturated carbocycles. The van der Waals surface area contributed by atoms with Gasteiger partial charge in [-0.05, 0) is 18.3 Å². The second-order valence-electron chi connectivity index (χ2n) is 5.96. The predicted octanol–water partition coefficient (Wildman–Crippen LogP) is 1.71. The Labute approximate surface area is 122 Å². The van der Waals surface area contributed by atoms with Gasteiger partial charge in [0.2, 0.25) is 0 Å². The summed E-state index contributed by atoms with van der Waals surface area (Å²) in [6.45, 7) is 5.98. The smallest absolute Gasteiger partial charge is 0.288 e. The Morgan fingerprint density at radius 3 is 2.67 bits per heavy atom. The van der Waals surface area contributed by atoms with E-state index in [1.807, 2.05) is 4.90 Å². The predicted molar refractivity (Wildman–Crippen MR) is 78.6 cm³/mol. The van der Waals surface area contributed by atoms with Crippen molar-refractivity contribution in [2.24, 2.45) is 16.3 Å². The number of anilines is 1. The Morgan fingerprint density at radius 1 is 1.52 bits per heavy atom. The summed E-state index contributed by atoms with van der Waals surface area (Å²) in [5.41, 5.74) is 6.01. The Balaban J connectivity index is 2.37. The zero-order chi connectivity index (χ0) is 15.6. The molecule has 0 atom stereocenters. The molecule has 1 aromatic heterocycles. The maximum absolute atomic E-state index is 10.8. The van der Waals surface area contributed by atoms with Gasteiger partial charge in [0.25, 0.3) is 5.69 Å². The summed E-state index contributed by atoms with van der Waals surface area (Å²) in [6.07, 6.45) is 3.17. The van der Waals surface area contributed by atoms with E-state index in [2.05, 4.69) is 24.0 Å². The molecule has 0 unspecified atom stereocenters. The third-order valence-electron chi connectivity index (χ3n) is 3.86. The van der Waals surface area contributed by atoms with Crippen LogP contribution in [0.2, 0.25) is 0 Å². The summed E-state index contributed by atoms with van der Waals surface area (Å²) in [4.78, 5) is 16.5. The lowest BCUT2D eigenvalue weighted by molar-refractivity contribution is -0.385. The molecule has 2 heterocycles. The lowest BCUT2D eigenvalue weighted by Crippen LogP contribution is -2.39. The van der Waals surface area contributed by atoms with Crippen LogP contribution in [-0.2, 0) is 0 Å². The molecule has 2 rings (SSSR count). The van der Waals surface area contributed by atoms with Crippen LogP contribution in [-0.4, -0.2) is 34.0 Å². The fourth-order valence-corrected chi connectivity index (χ4v) is 2.36. The van der Waals surface area contributed by atoms with E-state index in [0.717, 1.165) is 25.9 Å². The molecule has 0 spiro atoms. The number of hydrogen-bond acceptors (Lipinski definition) is 6. The Hall–Kier alpha value is -2.38. The molecule has 0 radical (unpaired) electrons. The van der Waals surface area contributed by atoms with Crippen LogP contribution in [0.4, 0.5) is 11.5 Å². The van der Waals surface area contributed by atoms with E-state index in [1.165, 1.54) is 12.3 Å². The first-order valence-electron chi connectivity index (χ1n) is 6.71. The van der Waals surface area contributed by atoms with E-state index in [4.69, 9.17) is 10.9 Å². The Bertz CT molecular complexity index is 575. The van der Waals surface area contributed by atoms with Gasteiger partial charge < -0.3 is 15.8 Å².